The fourth-order valence-electron chi connectivity index (χ4n) is 2.15. The van der Waals surface area contributed by atoms with Crippen molar-refractivity contribution in [2.45, 2.75) is 5.92 Å². The molecule has 0 bridgehead atoms. The SMILES string of the molecule is COc1cccc2c(O)c(C(CN)C(=O)O)ccc12. The minimum atomic E-state index is -1.06. The van der Waals surface area contributed by atoms with E-state index in [1.807, 2.05) is 0 Å². The van der Waals surface area contributed by atoms with Crippen LogP contribution in [0.3, 0.4) is 0 Å². The van der Waals surface area contributed by atoms with Gasteiger partial charge in [0.15, 0.2) is 0 Å². The summed E-state index contributed by atoms with van der Waals surface area (Å²) in [5, 5.41) is 20.6. The van der Waals surface area contributed by atoms with Gasteiger partial charge < -0.3 is 20.7 Å². The van der Waals surface area contributed by atoms with Gasteiger partial charge in [-0.3, -0.25) is 4.79 Å². The number of benzene rings is 2. The molecule has 5 nitrogen and oxygen atoms in total. The number of carbonyl (C=O) groups is 1. The average Bonchev–Trinajstić information content (AvgIpc) is 2.41. The molecule has 2 rings (SSSR count). The number of phenolic OH excluding ortho intramolecular Hbond substituents is 1. The van der Waals surface area contributed by atoms with Crippen LogP contribution in [0.5, 0.6) is 11.5 Å². The molecule has 2 aromatic rings. The summed E-state index contributed by atoms with van der Waals surface area (Å²) in [6.07, 6.45) is 0. The van der Waals surface area contributed by atoms with Crippen molar-refractivity contribution in [3.8, 4) is 11.5 Å². The topological polar surface area (TPSA) is 92.8 Å². The van der Waals surface area contributed by atoms with Crippen molar-refractivity contribution in [3.05, 3.63) is 35.9 Å². The van der Waals surface area contributed by atoms with E-state index in [1.54, 1.807) is 37.4 Å². The molecule has 0 spiro atoms. The first-order valence-corrected chi connectivity index (χ1v) is 5.81. The third-order valence-electron chi connectivity index (χ3n) is 3.15. The Kier molecular flexibility index (Phi) is 3.57. The van der Waals surface area contributed by atoms with Crippen molar-refractivity contribution in [1.29, 1.82) is 0 Å². The molecule has 2 aromatic carbocycles. The maximum Gasteiger partial charge on any atom is 0.312 e. The van der Waals surface area contributed by atoms with Crippen LogP contribution in [0.4, 0.5) is 0 Å². The zero-order valence-electron chi connectivity index (χ0n) is 10.5. The maximum atomic E-state index is 11.1. The van der Waals surface area contributed by atoms with Gasteiger partial charge in [-0.05, 0) is 6.07 Å². The Hall–Kier alpha value is -2.27. The van der Waals surface area contributed by atoms with Gasteiger partial charge in [-0.25, -0.2) is 0 Å². The van der Waals surface area contributed by atoms with E-state index in [2.05, 4.69) is 0 Å². The van der Waals surface area contributed by atoms with Crippen molar-refractivity contribution in [1.82, 2.24) is 0 Å². The molecule has 0 radical (unpaired) electrons. The highest BCUT2D eigenvalue weighted by Gasteiger charge is 2.22. The molecule has 0 amide bonds. The van der Waals surface area contributed by atoms with E-state index >= 15 is 0 Å². The normalized spacial score (nSPS) is 12.3. The second-order valence-electron chi connectivity index (χ2n) is 4.19. The Bertz CT molecular complexity index is 624. The standard InChI is InChI=1S/C14H15NO4/c1-19-12-4-2-3-9-8(12)5-6-10(13(9)16)11(7-15)14(17)18/h2-6,11,16H,7,15H2,1H3,(H,17,18). The second kappa shape index (κ2) is 5.16. The fourth-order valence-corrected chi connectivity index (χ4v) is 2.15. The van der Waals surface area contributed by atoms with Gasteiger partial charge in [0.05, 0.1) is 13.0 Å². The monoisotopic (exact) mass is 261 g/mol. The van der Waals surface area contributed by atoms with E-state index in [0.717, 1.165) is 5.39 Å². The van der Waals surface area contributed by atoms with Crippen molar-refractivity contribution < 1.29 is 19.7 Å². The van der Waals surface area contributed by atoms with E-state index < -0.39 is 11.9 Å². The zero-order chi connectivity index (χ0) is 14.0. The Labute approximate surface area is 110 Å². The van der Waals surface area contributed by atoms with Crippen molar-refractivity contribution in [3.63, 3.8) is 0 Å². The highest BCUT2D eigenvalue weighted by atomic mass is 16.5. The number of ether oxygens (including phenoxy) is 1. The second-order valence-corrected chi connectivity index (χ2v) is 4.19. The molecule has 4 N–H and O–H groups in total. The first-order valence-electron chi connectivity index (χ1n) is 5.81. The molecule has 5 heteroatoms. The Morgan fingerprint density at radius 3 is 2.63 bits per heavy atom. The molecule has 1 atom stereocenters. The van der Waals surface area contributed by atoms with E-state index in [-0.39, 0.29) is 12.3 Å². The Morgan fingerprint density at radius 1 is 1.32 bits per heavy atom. The Balaban J connectivity index is 2.67. The minimum Gasteiger partial charge on any atom is -0.507 e. The number of fused-ring (bicyclic) bond motifs is 1. The molecule has 100 valence electrons. The smallest absolute Gasteiger partial charge is 0.312 e. The van der Waals surface area contributed by atoms with Gasteiger partial charge in [0, 0.05) is 22.9 Å². The van der Waals surface area contributed by atoms with Gasteiger partial charge in [-0.1, -0.05) is 24.3 Å². The van der Waals surface area contributed by atoms with Crippen molar-refractivity contribution in [2.24, 2.45) is 5.73 Å². The highest BCUT2D eigenvalue weighted by molar-refractivity contribution is 5.95. The van der Waals surface area contributed by atoms with Crippen LogP contribution in [-0.4, -0.2) is 29.8 Å². The van der Waals surface area contributed by atoms with Gasteiger partial charge in [0.1, 0.15) is 11.5 Å². The molecular formula is C14H15NO4. The maximum absolute atomic E-state index is 11.1. The molecule has 0 saturated carbocycles. The third kappa shape index (κ3) is 2.20. The molecule has 0 aliphatic heterocycles. The summed E-state index contributed by atoms with van der Waals surface area (Å²) in [5.41, 5.74) is 5.77. The average molecular weight is 261 g/mol. The molecule has 0 saturated heterocycles. The number of aromatic hydroxyl groups is 1. The van der Waals surface area contributed by atoms with E-state index in [4.69, 9.17) is 15.6 Å². The first kappa shape index (κ1) is 13.2. The summed E-state index contributed by atoms with van der Waals surface area (Å²) >= 11 is 0. The van der Waals surface area contributed by atoms with Crippen LogP contribution < -0.4 is 10.5 Å². The summed E-state index contributed by atoms with van der Waals surface area (Å²) in [6, 6.07) is 8.54. The van der Waals surface area contributed by atoms with Crippen LogP contribution in [0.15, 0.2) is 30.3 Å². The molecule has 0 aliphatic rings. The summed E-state index contributed by atoms with van der Waals surface area (Å²) in [5.74, 6) is -1.41. The van der Waals surface area contributed by atoms with Crippen molar-refractivity contribution in [2.75, 3.05) is 13.7 Å². The molecular weight excluding hydrogens is 246 g/mol. The molecule has 1 unspecified atom stereocenters. The number of hydrogen-bond donors (Lipinski definition) is 3. The van der Waals surface area contributed by atoms with Gasteiger partial charge in [0.2, 0.25) is 0 Å². The number of aliphatic carboxylic acids is 1. The number of nitrogens with two attached hydrogens (primary N) is 1. The molecule has 19 heavy (non-hydrogen) atoms. The lowest BCUT2D eigenvalue weighted by Gasteiger charge is -2.14. The first-order chi connectivity index (χ1) is 9.10. The summed E-state index contributed by atoms with van der Waals surface area (Å²) in [6.45, 7) is -0.0711. The summed E-state index contributed by atoms with van der Waals surface area (Å²) in [4.78, 5) is 11.1. The lowest BCUT2D eigenvalue weighted by atomic mass is 9.94. The van der Waals surface area contributed by atoms with E-state index in [0.29, 0.717) is 16.7 Å². The quantitative estimate of drug-likeness (QED) is 0.778. The summed E-state index contributed by atoms with van der Waals surface area (Å²) < 4.78 is 5.20. The zero-order valence-corrected chi connectivity index (χ0v) is 10.5. The number of carboxylic acids is 1. The van der Waals surface area contributed by atoms with Crippen LogP contribution in [0.1, 0.15) is 11.5 Å². The predicted molar refractivity (Wildman–Crippen MR) is 71.6 cm³/mol. The van der Waals surface area contributed by atoms with E-state index in [1.165, 1.54) is 0 Å². The number of methoxy groups -OCH3 is 1. The van der Waals surface area contributed by atoms with Gasteiger partial charge in [-0.15, -0.1) is 0 Å². The molecule has 0 heterocycles. The highest BCUT2D eigenvalue weighted by Crippen LogP contribution is 2.37. The van der Waals surface area contributed by atoms with Crippen LogP contribution in [-0.2, 0) is 4.79 Å². The fraction of sp³-hybridized carbons (Fsp3) is 0.214. The predicted octanol–water partition coefficient (Wildman–Crippen LogP) is 1.68. The molecule has 0 aliphatic carbocycles. The third-order valence-corrected chi connectivity index (χ3v) is 3.15. The molecule has 0 fully saturated rings. The largest absolute Gasteiger partial charge is 0.507 e. The lowest BCUT2D eigenvalue weighted by Crippen LogP contribution is -2.21. The number of carboxylic acid groups (broad SMARTS) is 1. The van der Waals surface area contributed by atoms with Crippen LogP contribution in [0.25, 0.3) is 10.8 Å². The number of rotatable bonds is 4. The van der Waals surface area contributed by atoms with E-state index in [9.17, 15) is 9.90 Å². The van der Waals surface area contributed by atoms with Crippen molar-refractivity contribution >= 4 is 16.7 Å². The molecule has 0 aromatic heterocycles. The van der Waals surface area contributed by atoms with Gasteiger partial charge in [-0.2, -0.15) is 0 Å². The Morgan fingerprint density at radius 2 is 2.05 bits per heavy atom. The van der Waals surface area contributed by atoms with Gasteiger partial charge >= 0.3 is 5.97 Å². The lowest BCUT2D eigenvalue weighted by molar-refractivity contribution is -0.138. The number of hydrogen-bond acceptors (Lipinski definition) is 4. The van der Waals surface area contributed by atoms with Crippen LogP contribution in [0.2, 0.25) is 0 Å². The van der Waals surface area contributed by atoms with Crippen LogP contribution >= 0.6 is 0 Å². The summed E-state index contributed by atoms with van der Waals surface area (Å²) in [7, 11) is 1.54. The number of phenols is 1. The van der Waals surface area contributed by atoms with Crippen LogP contribution in [0, 0.1) is 0 Å². The minimum absolute atomic E-state index is 0.0609. The van der Waals surface area contributed by atoms with Gasteiger partial charge in [0.25, 0.3) is 0 Å².